The monoisotopic (exact) mass is 273 g/mol. The number of nitrogens with one attached hydrogen (secondary N) is 2. The van der Waals surface area contributed by atoms with E-state index in [0.717, 1.165) is 16.9 Å². The van der Waals surface area contributed by atoms with Crippen LogP contribution in [0.5, 0.6) is 0 Å². The third-order valence-corrected chi connectivity index (χ3v) is 3.54. The summed E-state index contributed by atoms with van der Waals surface area (Å²) in [5, 5.41) is 9.71. The van der Waals surface area contributed by atoms with E-state index >= 15 is 0 Å². The van der Waals surface area contributed by atoms with Gasteiger partial charge in [-0.25, -0.2) is 0 Å². The van der Waals surface area contributed by atoms with Gasteiger partial charge in [-0.05, 0) is 31.5 Å². The summed E-state index contributed by atoms with van der Waals surface area (Å²) in [7, 11) is 1.55. The molecule has 0 spiro atoms. The van der Waals surface area contributed by atoms with Crippen LogP contribution in [0, 0.1) is 0 Å². The van der Waals surface area contributed by atoms with Crippen molar-refractivity contribution in [2.45, 2.75) is 25.9 Å². The van der Waals surface area contributed by atoms with Gasteiger partial charge in [0, 0.05) is 24.6 Å². The van der Waals surface area contributed by atoms with Gasteiger partial charge in [0.1, 0.15) is 5.60 Å². The number of hydrogen-bond acceptors (Lipinski definition) is 3. The quantitative estimate of drug-likeness (QED) is 0.880. The van der Waals surface area contributed by atoms with Crippen LogP contribution in [-0.4, -0.2) is 28.8 Å². The number of carbonyl (C=O) groups excluding carboxylic acids is 1. The lowest BCUT2D eigenvalue weighted by atomic mass is 10.0. The molecule has 20 heavy (non-hydrogen) atoms. The van der Waals surface area contributed by atoms with Crippen LogP contribution in [0.4, 0.5) is 5.69 Å². The molecule has 0 saturated carbocycles. The van der Waals surface area contributed by atoms with E-state index in [4.69, 9.17) is 4.74 Å². The zero-order chi connectivity index (χ0) is 14.6. The molecule has 0 aliphatic rings. The first-order valence-electron chi connectivity index (χ1n) is 6.55. The summed E-state index contributed by atoms with van der Waals surface area (Å²) in [5.74, 6) is -0.149. The van der Waals surface area contributed by atoms with Gasteiger partial charge in [0.2, 0.25) is 0 Å². The number of hydrogen-bond donors (Lipinski definition) is 2. The van der Waals surface area contributed by atoms with Crippen LogP contribution in [0.3, 0.4) is 0 Å². The molecule has 1 atom stereocenters. The Balaban J connectivity index is 2.19. The fraction of sp³-hybridized carbons (Fsp3) is 0.333. The number of amides is 1. The topological polar surface area (TPSA) is 67.0 Å². The van der Waals surface area contributed by atoms with Crippen LogP contribution in [0.15, 0.2) is 36.5 Å². The van der Waals surface area contributed by atoms with Gasteiger partial charge in [0.15, 0.2) is 0 Å². The molecule has 0 saturated heterocycles. The number of anilines is 1. The number of rotatable bonds is 5. The molecule has 0 bridgehead atoms. The number of aromatic nitrogens is 2. The molecule has 2 N–H and O–H groups in total. The molecule has 1 aromatic heterocycles. The number of nitrogens with zero attached hydrogens (tertiary/aromatic N) is 1. The largest absolute Gasteiger partial charge is 0.369 e. The Morgan fingerprint density at radius 3 is 2.85 bits per heavy atom. The molecular formula is C15H19N3O2. The van der Waals surface area contributed by atoms with Gasteiger partial charge < -0.3 is 10.1 Å². The van der Waals surface area contributed by atoms with Crippen molar-refractivity contribution in [3.05, 3.63) is 36.5 Å². The third kappa shape index (κ3) is 2.88. The molecule has 106 valence electrons. The fourth-order valence-corrected chi connectivity index (χ4v) is 1.84. The van der Waals surface area contributed by atoms with Crippen LogP contribution >= 0.6 is 0 Å². The maximum atomic E-state index is 12.2. The highest BCUT2D eigenvalue weighted by Gasteiger charge is 2.30. The van der Waals surface area contributed by atoms with Crippen molar-refractivity contribution in [1.29, 1.82) is 0 Å². The molecule has 2 rings (SSSR count). The Morgan fingerprint density at radius 2 is 2.25 bits per heavy atom. The lowest BCUT2D eigenvalue weighted by Crippen LogP contribution is -2.41. The van der Waals surface area contributed by atoms with E-state index in [1.54, 1.807) is 20.2 Å². The Morgan fingerprint density at radius 1 is 1.45 bits per heavy atom. The van der Waals surface area contributed by atoms with Crippen LogP contribution in [0.1, 0.15) is 20.3 Å². The minimum absolute atomic E-state index is 0.149. The van der Waals surface area contributed by atoms with Crippen molar-refractivity contribution < 1.29 is 9.53 Å². The number of ether oxygens (including phenoxy) is 1. The fourth-order valence-electron chi connectivity index (χ4n) is 1.84. The van der Waals surface area contributed by atoms with E-state index in [-0.39, 0.29) is 5.91 Å². The highest BCUT2D eigenvalue weighted by molar-refractivity contribution is 5.97. The van der Waals surface area contributed by atoms with Gasteiger partial charge in [-0.3, -0.25) is 9.89 Å². The molecule has 0 aliphatic heterocycles. The maximum Gasteiger partial charge on any atom is 0.256 e. The Labute approximate surface area is 118 Å². The molecule has 2 aromatic rings. The molecule has 1 heterocycles. The Kier molecular flexibility index (Phi) is 4.20. The molecular weight excluding hydrogens is 254 g/mol. The molecule has 5 nitrogen and oxygen atoms in total. The minimum atomic E-state index is -0.815. The van der Waals surface area contributed by atoms with Gasteiger partial charge >= 0.3 is 0 Å². The van der Waals surface area contributed by atoms with Gasteiger partial charge in [-0.15, -0.1) is 0 Å². The van der Waals surface area contributed by atoms with E-state index in [2.05, 4.69) is 15.5 Å². The first kappa shape index (κ1) is 14.3. The SMILES string of the molecule is CCC(C)(OC)C(=O)Nc1cccc(-c2ccn[nH]2)c1. The second-order valence-electron chi connectivity index (χ2n) is 4.79. The molecule has 1 aromatic carbocycles. The zero-order valence-corrected chi connectivity index (χ0v) is 11.9. The lowest BCUT2D eigenvalue weighted by molar-refractivity contribution is -0.136. The number of aromatic amines is 1. The van der Waals surface area contributed by atoms with Crippen LogP contribution in [0.2, 0.25) is 0 Å². The summed E-state index contributed by atoms with van der Waals surface area (Å²) < 4.78 is 5.30. The summed E-state index contributed by atoms with van der Waals surface area (Å²) >= 11 is 0. The number of methoxy groups -OCH3 is 1. The van der Waals surface area contributed by atoms with Gasteiger partial charge in [-0.2, -0.15) is 5.10 Å². The van der Waals surface area contributed by atoms with Crippen molar-refractivity contribution in [1.82, 2.24) is 10.2 Å². The maximum absolute atomic E-state index is 12.2. The minimum Gasteiger partial charge on any atom is -0.369 e. The van der Waals surface area contributed by atoms with Crippen LogP contribution in [0.25, 0.3) is 11.3 Å². The summed E-state index contributed by atoms with van der Waals surface area (Å²) in [5.41, 5.74) is 1.80. The van der Waals surface area contributed by atoms with E-state index < -0.39 is 5.60 Å². The standard InChI is InChI=1S/C15H19N3O2/c1-4-15(2,20-3)14(19)17-12-7-5-6-11(10-12)13-8-9-16-18-13/h5-10H,4H2,1-3H3,(H,16,18)(H,17,19). The van der Waals surface area contributed by atoms with Crippen molar-refractivity contribution in [2.75, 3.05) is 12.4 Å². The summed E-state index contributed by atoms with van der Waals surface area (Å²) in [6.07, 6.45) is 2.30. The van der Waals surface area contributed by atoms with Crippen molar-refractivity contribution in [3.63, 3.8) is 0 Å². The second-order valence-corrected chi connectivity index (χ2v) is 4.79. The van der Waals surface area contributed by atoms with Crippen LogP contribution in [-0.2, 0) is 9.53 Å². The first-order chi connectivity index (χ1) is 9.59. The van der Waals surface area contributed by atoms with E-state index in [1.807, 2.05) is 37.3 Å². The number of H-pyrrole nitrogens is 1. The lowest BCUT2D eigenvalue weighted by Gasteiger charge is -2.25. The predicted octanol–water partition coefficient (Wildman–Crippen LogP) is 2.83. The highest BCUT2D eigenvalue weighted by Crippen LogP contribution is 2.22. The van der Waals surface area contributed by atoms with Crippen molar-refractivity contribution >= 4 is 11.6 Å². The predicted molar refractivity (Wildman–Crippen MR) is 78.4 cm³/mol. The average Bonchev–Trinajstić information content (AvgIpc) is 3.01. The summed E-state index contributed by atoms with van der Waals surface area (Å²) in [4.78, 5) is 12.2. The normalized spacial score (nSPS) is 13.8. The summed E-state index contributed by atoms with van der Waals surface area (Å²) in [6.45, 7) is 3.70. The highest BCUT2D eigenvalue weighted by atomic mass is 16.5. The molecule has 1 amide bonds. The van der Waals surface area contributed by atoms with Gasteiger partial charge in [0.25, 0.3) is 5.91 Å². The van der Waals surface area contributed by atoms with E-state index in [0.29, 0.717) is 6.42 Å². The van der Waals surface area contributed by atoms with E-state index in [9.17, 15) is 4.79 Å². The third-order valence-electron chi connectivity index (χ3n) is 3.54. The van der Waals surface area contributed by atoms with Gasteiger partial charge in [-0.1, -0.05) is 19.1 Å². The zero-order valence-electron chi connectivity index (χ0n) is 11.9. The molecule has 0 aliphatic carbocycles. The summed E-state index contributed by atoms with van der Waals surface area (Å²) in [6, 6.07) is 9.48. The molecule has 5 heteroatoms. The first-order valence-corrected chi connectivity index (χ1v) is 6.55. The van der Waals surface area contributed by atoms with Crippen molar-refractivity contribution in [2.24, 2.45) is 0 Å². The molecule has 1 unspecified atom stereocenters. The Bertz CT molecular complexity index is 575. The van der Waals surface area contributed by atoms with Crippen LogP contribution < -0.4 is 5.32 Å². The number of carbonyl (C=O) groups is 1. The van der Waals surface area contributed by atoms with Crippen molar-refractivity contribution in [3.8, 4) is 11.3 Å². The number of benzene rings is 1. The smallest absolute Gasteiger partial charge is 0.256 e. The average molecular weight is 273 g/mol. The Hall–Kier alpha value is -2.14. The molecule has 0 radical (unpaired) electrons. The second kappa shape index (κ2) is 5.88. The van der Waals surface area contributed by atoms with E-state index in [1.165, 1.54) is 0 Å². The van der Waals surface area contributed by atoms with Gasteiger partial charge in [0.05, 0.1) is 5.69 Å². The molecule has 0 fully saturated rings.